The Morgan fingerprint density at radius 3 is 2.81 bits per heavy atom. The van der Waals surface area contributed by atoms with E-state index in [0.717, 1.165) is 37.0 Å². The van der Waals surface area contributed by atoms with Crippen molar-refractivity contribution in [2.24, 2.45) is 0 Å². The SMILES string of the molecule is SCCNc1cc(N2CCCCC2)ncn1. The van der Waals surface area contributed by atoms with Crippen LogP contribution in [0.5, 0.6) is 0 Å². The first-order valence-corrected chi connectivity index (χ1v) is 6.45. The molecule has 5 heteroatoms. The molecule has 1 aromatic rings. The van der Waals surface area contributed by atoms with Gasteiger partial charge in [0.05, 0.1) is 0 Å². The van der Waals surface area contributed by atoms with Gasteiger partial charge in [0.1, 0.15) is 18.0 Å². The second kappa shape index (κ2) is 5.94. The molecular formula is C11H18N4S. The van der Waals surface area contributed by atoms with Crippen molar-refractivity contribution in [2.75, 3.05) is 35.6 Å². The van der Waals surface area contributed by atoms with Gasteiger partial charge in [-0.15, -0.1) is 0 Å². The number of aromatic nitrogens is 2. The van der Waals surface area contributed by atoms with Crippen molar-refractivity contribution in [3.8, 4) is 0 Å². The van der Waals surface area contributed by atoms with E-state index < -0.39 is 0 Å². The normalized spacial score (nSPS) is 16.2. The Balaban J connectivity index is 2.02. The average Bonchev–Trinajstić information content (AvgIpc) is 2.38. The minimum atomic E-state index is 0.809. The van der Waals surface area contributed by atoms with E-state index in [1.165, 1.54) is 19.3 Å². The average molecular weight is 238 g/mol. The summed E-state index contributed by atoms with van der Waals surface area (Å²) in [5.74, 6) is 2.74. The molecule has 0 amide bonds. The van der Waals surface area contributed by atoms with Crippen LogP contribution >= 0.6 is 12.6 Å². The lowest BCUT2D eigenvalue weighted by Gasteiger charge is -2.27. The predicted octanol–water partition coefficient (Wildman–Crippen LogP) is 1.81. The highest BCUT2D eigenvalue weighted by molar-refractivity contribution is 7.80. The monoisotopic (exact) mass is 238 g/mol. The van der Waals surface area contributed by atoms with Crippen LogP contribution < -0.4 is 10.2 Å². The van der Waals surface area contributed by atoms with Gasteiger partial charge in [0.25, 0.3) is 0 Å². The third kappa shape index (κ3) is 3.01. The van der Waals surface area contributed by atoms with Crippen LogP contribution in [-0.2, 0) is 0 Å². The van der Waals surface area contributed by atoms with Crippen LogP contribution in [0.1, 0.15) is 19.3 Å². The molecule has 1 fully saturated rings. The van der Waals surface area contributed by atoms with E-state index in [4.69, 9.17) is 0 Å². The van der Waals surface area contributed by atoms with Crippen molar-refractivity contribution < 1.29 is 0 Å². The molecule has 2 rings (SSSR count). The van der Waals surface area contributed by atoms with Crippen LogP contribution in [0.15, 0.2) is 12.4 Å². The molecule has 16 heavy (non-hydrogen) atoms. The molecule has 0 spiro atoms. The smallest absolute Gasteiger partial charge is 0.134 e. The highest BCUT2D eigenvalue weighted by Gasteiger charge is 2.12. The fraction of sp³-hybridized carbons (Fsp3) is 0.636. The van der Waals surface area contributed by atoms with Crippen LogP contribution in [0, 0.1) is 0 Å². The van der Waals surface area contributed by atoms with Gasteiger partial charge < -0.3 is 10.2 Å². The summed E-state index contributed by atoms with van der Waals surface area (Å²) in [6, 6.07) is 2.02. The van der Waals surface area contributed by atoms with E-state index in [0.29, 0.717) is 0 Å². The van der Waals surface area contributed by atoms with Crippen molar-refractivity contribution in [3.05, 3.63) is 12.4 Å². The Labute approximate surface area is 102 Å². The van der Waals surface area contributed by atoms with Crippen LogP contribution in [0.25, 0.3) is 0 Å². The van der Waals surface area contributed by atoms with Gasteiger partial charge in [-0.3, -0.25) is 0 Å². The first-order valence-electron chi connectivity index (χ1n) is 5.82. The Hall–Kier alpha value is -0.970. The molecule has 88 valence electrons. The molecule has 0 aliphatic carbocycles. The van der Waals surface area contributed by atoms with Gasteiger partial charge in [0.15, 0.2) is 0 Å². The first-order chi connectivity index (χ1) is 7.90. The van der Waals surface area contributed by atoms with Crippen LogP contribution in [0.3, 0.4) is 0 Å². The van der Waals surface area contributed by atoms with Gasteiger partial charge >= 0.3 is 0 Å². The summed E-state index contributed by atoms with van der Waals surface area (Å²) in [6.07, 6.45) is 5.50. The van der Waals surface area contributed by atoms with E-state index in [9.17, 15) is 0 Å². The van der Waals surface area contributed by atoms with Gasteiger partial charge in [-0.2, -0.15) is 12.6 Å². The molecule has 0 unspecified atom stereocenters. The number of anilines is 2. The maximum atomic E-state index is 4.33. The summed E-state index contributed by atoms with van der Waals surface area (Å²) in [5.41, 5.74) is 0. The van der Waals surface area contributed by atoms with Crippen LogP contribution in [0.2, 0.25) is 0 Å². The van der Waals surface area contributed by atoms with E-state index in [2.05, 4.69) is 32.8 Å². The molecule has 0 radical (unpaired) electrons. The molecule has 0 atom stereocenters. The summed E-state index contributed by atoms with van der Waals surface area (Å²) in [4.78, 5) is 10.8. The lowest BCUT2D eigenvalue weighted by atomic mass is 10.1. The molecular weight excluding hydrogens is 220 g/mol. The summed E-state index contributed by atoms with van der Waals surface area (Å²) >= 11 is 4.16. The molecule has 1 N–H and O–H groups in total. The summed E-state index contributed by atoms with van der Waals surface area (Å²) in [6.45, 7) is 3.06. The van der Waals surface area contributed by atoms with Crippen LogP contribution in [-0.4, -0.2) is 35.4 Å². The number of nitrogens with zero attached hydrogens (tertiary/aromatic N) is 3. The summed E-state index contributed by atoms with van der Waals surface area (Å²) in [7, 11) is 0. The summed E-state index contributed by atoms with van der Waals surface area (Å²) < 4.78 is 0. The third-order valence-corrected chi connectivity index (χ3v) is 2.97. The topological polar surface area (TPSA) is 41.0 Å². The molecule has 4 nitrogen and oxygen atoms in total. The quantitative estimate of drug-likeness (QED) is 0.785. The number of nitrogens with one attached hydrogen (secondary N) is 1. The van der Waals surface area contributed by atoms with Crippen molar-refractivity contribution in [3.63, 3.8) is 0 Å². The second-order valence-electron chi connectivity index (χ2n) is 3.96. The van der Waals surface area contributed by atoms with E-state index >= 15 is 0 Å². The minimum absolute atomic E-state index is 0.809. The zero-order chi connectivity index (χ0) is 11.2. The first kappa shape index (κ1) is 11.5. The maximum absolute atomic E-state index is 4.33. The fourth-order valence-electron chi connectivity index (χ4n) is 1.92. The molecule has 0 aromatic carbocycles. The molecule has 1 aliphatic heterocycles. The molecule has 1 saturated heterocycles. The Kier molecular flexibility index (Phi) is 4.27. The highest BCUT2D eigenvalue weighted by Crippen LogP contribution is 2.18. The number of hydrogen-bond acceptors (Lipinski definition) is 5. The lowest BCUT2D eigenvalue weighted by Crippen LogP contribution is -2.30. The maximum Gasteiger partial charge on any atom is 0.134 e. The highest BCUT2D eigenvalue weighted by atomic mass is 32.1. The lowest BCUT2D eigenvalue weighted by molar-refractivity contribution is 0.573. The fourth-order valence-corrected chi connectivity index (χ4v) is 2.04. The zero-order valence-electron chi connectivity index (χ0n) is 9.39. The predicted molar refractivity (Wildman–Crippen MR) is 70.4 cm³/mol. The Morgan fingerprint density at radius 1 is 1.25 bits per heavy atom. The number of hydrogen-bond donors (Lipinski definition) is 2. The number of thiol groups is 1. The number of rotatable bonds is 4. The van der Waals surface area contributed by atoms with E-state index in [-0.39, 0.29) is 0 Å². The van der Waals surface area contributed by atoms with Crippen molar-refractivity contribution in [2.45, 2.75) is 19.3 Å². The number of piperidine rings is 1. The molecule has 1 aliphatic rings. The second-order valence-corrected chi connectivity index (χ2v) is 4.41. The van der Waals surface area contributed by atoms with Crippen LogP contribution in [0.4, 0.5) is 11.6 Å². The van der Waals surface area contributed by atoms with Gasteiger partial charge in [-0.1, -0.05) is 0 Å². The van der Waals surface area contributed by atoms with Gasteiger partial charge in [0.2, 0.25) is 0 Å². The van der Waals surface area contributed by atoms with E-state index in [1.807, 2.05) is 6.07 Å². The Morgan fingerprint density at radius 2 is 2.06 bits per heavy atom. The molecule has 0 saturated carbocycles. The molecule has 1 aromatic heterocycles. The van der Waals surface area contributed by atoms with Gasteiger partial charge in [-0.25, -0.2) is 9.97 Å². The Bertz CT molecular complexity index is 326. The van der Waals surface area contributed by atoms with Crippen molar-refractivity contribution in [1.82, 2.24) is 9.97 Å². The summed E-state index contributed by atoms with van der Waals surface area (Å²) in [5, 5.41) is 3.22. The van der Waals surface area contributed by atoms with Gasteiger partial charge in [-0.05, 0) is 19.3 Å². The molecule has 2 heterocycles. The third-order valence-electron chi connectivity index (χ3n) is 2.75. The molecule has 0 bridgehead atoms. The largest absolute Gasteiger partial charge is 0.369 e. The minimum Gasteiger partial charge on any atom is -0.369 e. The van der Waals surface area contributed by atoms with Crippen molar-refractivity contribution in [1.29, 1.82) is 0 Å². The van der Waals surface area contributed by atoms with Crippen molar-refractivity contribution >= 4 is 24.3 Å². The standard InChI is InChI=1S/C11H18N4S/c16-7-4-12-10-8-11(14-9-13-10)15-5-2-1-3-6-15/h8-9,16H,1-7H2,(H,12,13,14). The zero-order valence-corrected chi connectivity index (χ0v) is 10.3. The van der Waals surface area contributed by atoms with E-state index in [1.54, 1.807) is 6.33 Å². The van der Waals surface area contributed by atoms with Gasteiger partial charge in [0, 0.05) is 31.5 Å².